The number of nitrogens with one attached hydrogen (secondary N) is 1. The Morgan fingerprint density at radius 2 is 2.27 bits per heavy atom. The number of nitrogen functional groups attached to an aromatic ring is 1. The van der Waals surface area contributed by atoms with Crippen molar-refractivity contribution in [2.75, 3.05) is 5.73 Å². The zero-order valence-electron chi connectivity index (χ0n) is 7.62. The highest BCUT2D eigenvalue weighted by atomic mass is 15.3. The molecule has 3 aromatic heterocycles. The van der Waals surface area contributed by atoms with Gasteiger partial charge in [0.2, 0.25) is 0 Å². The first kappa shape index (κ1) is 7.92. The zero-order chi connectivity index (χ0) is 10.3. The predicted molar refractivity (Wildman–Crippen MR) is 52.8 cm³/mol. The number of fused-ring (bicyclic) bond motifs is 1. The van der Waals surface area contributed by atoms with Crippen molar-refractivity contribution < 1.29 is 0 Å². The van der Waals surface area contributed by atoms with Crippen molar-refractivity contribution in [3.8, 4) is 11.5 Å². The van der Waals surface area contributed by atoms with Gasteiger partial charge in [-0.1, -0.05) is 0 Å². The Kier molecular flexibility index (Phi) is 1.46. The van der Waals surface area contributed by atoms with Crippen LogP contribution in [0.25, 0.3) is 17.2 Å². The summed E-state index contributed by atoms with van der Waals surface area (Å²) in [6, 6.07) is 1.71. The quantitative estimate of drug-likeness (QED) is 0.581. The molecule has 0 amide bonds. The fourth-order valence-corrected chi connectivity index (χ4v) is 1.39. The largest absolute Gasteiger partial charge is 0.382 e. The van der Waals surface area contributed by atoms with E-state index in [2.05, 4.69) is 25.4 Å². The van der Waals surface area contributed by atoms with Gasteiger partial charge in [0.05, 0.1) is 6.20 Å². The van der Waals surface area contributed by atoms with E-state index in [0.29, 0.717) is 17.3 Å². The lowest BCUT2D eigenvalue weighted by atomic mass is 10.4. The summed E-state index contributed by atoms with van der Waals surface area (Å²) in [5, 5.41) is 14.6. The maximum absolute atomic E-state index is 5.52. The number of rotatable bonds is 1. The van der Waals surface area contributed by atoms with Gasteiger partial charge in [0, 0.05) is 18.5 Å². The summed E-state index contributed by atoms with van der Waals surface area (Å²) in [4.78, 5) is 3.95. The first-order valence-corrected chi connectivity index (χ1v) is 4.30. The molecule has 0 spiro atoms. The first-order valence-electron chi connectivity index (χ1n) is 4.30. The molecule has 3 heterocycles. The monoisotopic (exact) mass is 201 g/mol. The molecular formula is C8H7N7. The van der Waals surface area contributed by atoms with Gasteiger partial charge in [-0.25, -0.2) is 0 Å². The lowest BCUT2D eigenvalue weighted by Gasteiger charge is -1.93. The van der Waals surface area contributed by atoms with E-state index < -0.39 is 0 Å². The van der Waals surface area contributed by atoms with Crippen LogP contribution in [0.5, 0.6) is 0 Å². The van der Waals surface area contributed by atoms with Crippen LogP contribution >= 0.6 is 0 Å². The number of nitrogens with zero attached hydrogens (tertiary/aromatic N) is 5. The van der Waals surface area contributed by atoms with Gasteiger partial charge >= 0.3 is 0 Å². The molecule has 7 nitrogen and oxygen atoms in total. The molecule has 3 rings (SSSR count). The minimum atomic E-state index is 0.427. The molecule has 3 aromatic rings. The van der Waals surface area contributed by atoms with Crippen molar-refractivity contribution in [2.45, 2.75) is 0 Å². The third-order valence-corrected chi connectivity index (χ3v) is 2.05. The molecule has 0 aliphatic rings. The number of hydrogen-bond donors (Lipinski definition) is 2. The maximum Gasteiger partial charge on any atom is 0.186 e. The van der Waals surface area contributed by atoms with Gasteiger partial charge in [-0.05, 0) is 0 Å². The van der Waals surface area contributed by atoms with Crippen LogP contribution in [0.1, 0.15) is 0 Å². The molecule has 0 aliphatic carbocycles. The van der Waals surface area contributed by atoms with Gasteiger partial charge in [0.15, 0.2) is 11.5 Å². The summed E-state index contributed by atoms with van der Waals surface area (Å²) in [5.41, 5.74) is 6.93. The maximum atomic E-state index is 5.52. The van der Waals surface area contributed by atoms with Crippen molar-refractivity contribution in [3.63, 3.8) is 0 Å². The number of hydrogen-bond acceptors (Lipinski definition) is 5. The normalized spacial score (nSPS) is 10.9. The van der Waals surface area contributed by atoms with Crippen molar-refractivity contribution in [3.05, 3.63) is 24.7 Å². The number of aromatic nitrogens is 6. The molecular weight excluding hydrogens is 194 g/mol. The molecule has 0 aliphatic heterocycles. The van der Waals surface area contributed by atoms with Gasteiger partial charge in [-0.2, -0.15) is 5.10 Å². The number of aromatic amines is 1. The van der Waals surface area contributed by atoms with Crippen LogP contribution in [-0.2, 0) is 0 Å². The fourth-order valence-electron chi connectivity index (χ4n) is 1.39. The fraction of sp³-hybridized carbons (Fsp3) is 0. The highest BCUT2D eigenvalue weighted by Crippen LogP contribution is 2.16. The third-order valence-electron chi connectivity index (χ3n) is 2.05. The molecule has 0 saturated carbocycles. The van der Waals surface area contributed by atoms with E-state index in [-0.39, 0.29) is 0 Å². The van der Waals surface area contributed by atoms with Crippen LogP contribution in [0.15, 0.2) is 24.7 Å². The van der Waals surface area contributed by atoms with E-state index in [1.54, 1.807) is 29.1 Å². The average molecular weight is 201 g/mol. The third kappa shape index (κ3) is 1.13. The molecule has 0 aromatic carbocycles. The van der Waals surface area contributed by atoms with Gasteiger partial charge in [-0.15, -0.1) is 10.2 Å². The van der Waals surface area contributed by atoms with E-state index in [9.17, 15) is 0 Å². The van der Waals surface area contributed by atoms with E-state index >= 15 is 0 Å². The molecule has 74 valence electrons. The average Bonchev–Trinajstić information content (AvgIpc) is 2.83. The van der Waals surface area contributed by atoms with Crippen LogP contribution in [0.2, 0.25) is 0 Å². The van der Waals surface area contributed by atoms with Crippen LogP contribution in [0.4, 0.5) is 5.82 Å². The van der Waals surface area contributed by atoms with E-state index in [1.165, 1.54) is 0 Å². The van der Waals surface area contributed by atoms with E-state index in [0.717, 1.165) is 5.69 Å². The molecule has 0 bridgehead atoms. The topological polar surface area (TPSA) is 97.8 Å². The van der Waals surface area contributed by atoms with Gasteiger partial charge < -0.3 is 5.73 Å². The SMILES string of the molecule is Nc1cc(-c2nnc3cnccn23)[nH]n1. The highest BCUT2D eigenvalue weighted by molar-refractivity contribution is 5.57. The molecule has 0 atom stereocenters. The molecule has 15 heavy (non-hydrogen) atoms. The summed E-state index contributed by atoms with van der Waals surface area (Å²) in [6.45, 7) is 0. The van der Waals surface area contributed by atoms with Crippen molar-refractivity contribution in [1.82, 2.24) is 29.8 Å². The second-order valence-corrected chi connectivity index (χ2v) is 3.03. The summed E-state index contributed by atoms with van der Waals surface area (Å²) >= 11 is 0. The minimum Gasteiger partial charge on any atom is -0.382 e. The highest BCUT2D eigenvalue weighted by Gasteiger charge is 2.09. The summed E-state index contributed by atoms with van der Waals surface area (Å²) in [7, 11) is 0. The lowest BCUT2D eigenvalue weighted by molar-refractivity contribution is 1.05. The summed E-state index contributed by atoms with van der Waals surface area (Å²) in [6.07, 6.45) is 5.08. The van der Waals surface area contributed by atoms with Gasteiger partial charge in [-0.3, -0.25) is 14.5 Å². The molecule has 0 radical (unpaired) electrons. The Balaban J connectivity index is 2.27. The standard InChI is InChI=1S/C8H7N7/c9-6-3-5(11-12-6)8-14-13-7-4-10-1-2-15(7)8/h1-4H,(H3,9,11,12). The second kappa shape index (κ2) is 2.77. The van der Waals surface area contributed by atoms with Crippen LogP contribution in [0.3, 0.4) is 0 Å². The Labute approximate surface area is 84.0 Å². The Hall–Kier alpha value is -2.44. The molecule has 0 saturated heterocycles. The smallest absolute Gasteiger partial charge is 0.186 e. The summed E-state index contributed by atoms with van der Waals surface area (Å²) < 4.78 is 1.81. The first-order chi connectivity index (χ1) is 7.34. The molecule has 0 unspecified atom stereocenters. The predicted octanol–water partition coefficient (Wildman–Crippen LogP) is 0.0966. The molecule has 0 fully saturated rings. The van der Waals surface area contributed by atoms with Crippen LogP contribution < -0.4 is 5.73 Å². The van der Waals surface area contributed by atoms with Crippen LogP contribution in [-0.4, -0.2) is 29.8 Å². The molecule has 3 N–H and O–H groups in total. The summed E-state index contributed by atoms with van der Waals surface area (Å²) in [5.74, 6) is 1.09. The number of anilines is 1. The number of nitrogens with two attached hydrogens (primary N) is 1. The van der Waals surface area contributed by atoms with Crippen LogP contribution in [0, 0.1) is 0 Å². The van der Waals surface area contributed by atoms with Crippen molar-refractivity contribution >= 4 is 11.5 Å². The Morgan fingerprint density at radius 1 is 1.33 bits per heavy atom. The second-order valence-electron chi connectivity index (χ2n) is 3.03. The van der Waals surface area contributed by atoms with Crippen molar-refractivity contribution in [1.29, 1.82) is 0 Å². The Bertz CT molecular complexity index is 608. The minimum absolute atomic E-state index is 0.427. The van der Waals surface area contributed by atoms with Gasteiger partial charge in [0.1, 0.15) is 11.5 Å². The van der Waals surface area contributed by atoms with E-state index in [4.69, 9.17) is 5.73 Å². The van der Waals surface area contributed by atoms with Gasteiger partial charge in [0.25, 0.3) is 0 Å². The van der Waals surface area contributed by atoms with Crippen molar-refractivity contribution in [2.24, 2.45) is 0 Å². The zero-order valence-corrected chi connectivity index (χ0v) is 7.62. The lowest BCUT2D eigenvalue weighted by Crippen LogP contribution is -1.89. The van der Waals surface area contributed by atoms with E-state index in [1.807, 2.05) is 0 Å². The Morgan fingerprint density at radius 3 is 3.07 bits per heavy atom. The number of H-pyrrole nitrogens is 1. The molecule has 7 heteroatoms.